The molecule has 1 fully saturated rings. The number of aryl methyl sites for hydroxylation is 1. The van der Waals surface area contributed by atoms with Gasteiger partial charge in [0.25, 0.3) is 5.91 Å². The van der Waals surface area contributed by atoms with E-state index in [1.807, 2.05) is 64.1 Å². The molecule has 37 heavy (non-hydrogen) atoms. The lowest BCUT2D eigenvalue weighted by Gasteiger charge is -2.28. The van der Waals surface area contributed by atoms with E-state index in [1.54, 1.807) is 21.7 Å². The molecule has 0 unspecified atom stereocenters. The molecule has 4 aromatic rings. The number of rotatable bonds is 5. The first-order valence-corrected chi connectivity index (χ1v) is 12.3. The molecule has 1 aliphatic heterocycles. The van der Waals surface area contributed by atoms with Gasteiger partial charge in [-0.25, -0.2) is 9.78 Å². The fourth-order valence-corrected chi connectivity index (χ4v) is 4.45. The minimum Gasteiger partial charge on any atom is -0.444 e. The van der Waals surface area contributed by atoms with Crippen LogP contribution >= 0.6 is 0 Å². The van der Waals surface area contributed by atoms with Crippen molar-refractivity contribution in [2.75, 3.05) is 11.9 Å². The van der Waals surface area contributed by atoms with Crippen LogP contribution < -0.4 is 5.32 Å². The van der Waals surface area contributed by atoms with Crippen LogP contribution in [0.25, 0.3) is 17.0 Å². The number of nitrogens with zero attached hydrogens (tertiary/aromatic N) is 5. The topological polar surface area (TPSA) is 115 Å². The molecule has 5 rings (SSSR count). The number of hydrogen-bond acceptors (Lipinski definition) is 7. The number of benzene rings is 1. The number of ether oxygens (including phenoxy) is 1. The van der Waals surface area contributed by atoms with Crippen LogP contribution in [0.3, 0.4) is 0 Å². The summed E-state index contributed by atoms with van der Waals surface area (Å²) in [6.07, 6.45) is 5.24. The van der Waals surface area contributed by atoms with Gasteiger partial charge in [-0.15, -0.1) is 0 Å². The summed E-state index contributed by atoms with van der Waals surface area (Å²) < 4.78 is 12.8. The average Bonchev–Trinajstić information content (AvgIpc) is 3.59. The van der Waals surface area contributed by atoms with Crippen molar-refractivity contribution >= 4 is 23.3 Å². The van der Waals surface area contributed by atoms with E-state index in [1.165, 1.54) is 0 Å². The summed E-state index contributed by atoms with van der Waals surface area (Å²) in [4.78, 5) is 36.2. The van der Waals surface area contributed by atoms with Crippen molar-refractivity contribution < 1.29 is 18.8 Å². The highest BCUT2D eigenvalue weighted by Gasteiger charge is 2.33. The quantitative estimate of drug-likeness (QED) is 0.413. The third-order valence-electron chi connectivity index (χ3n) is 6.28. The number of carbonyl (C=O) groups is 2. The van der Waals surface area contributed by atoms with Crippen LogP contribution in [0.1, 0.15) is 55.6 Å². The van der Waals surface area contributed by atoms with Crippen molar-refractivity contribution in [2.24, 2.45) is 0 Å². The van der Waals surface area contributed by atoms with Gasteiger partial charge in [0.05, 0.1) is 6.20 Å². The van der Waals surface area contributed by atoms with E-state index in [0.717, 1.165) is 18.4 Å². The summed E-state index contributed by atoms with van der Waals surface area (Å²) in [7, 11) is 0. The first-order valence-electron chi connectivity index (χ1n) is 12.3. The number of nitrogens with one attached hydrogen (secondary N) is 1. The zero-order valence-corrected chi connectivity index (χ0v) is 21.4. The monoisotopic (exact) mass is 502 g/mol. The van der Waals surface area contributed by atoms with Gasteiger partial charge in [0.1, 0.15) is 16.9 Å². The van der Waals surface area contributed by atoms with Crippen molar-refractivity contribution in [3.63, 3.8) is 0 Å². The molecule has 1 N–H and O–H groups in total. The first kappa shape index (κ1) is 24.5. The molecule has 0 saturated carbocycles. The molecule has 0 bridgehead atoms. The second kappa shape index (κ2) is 9.68. The lowest BCUT2D eigenvalue weighted by atomic mass is 10.1. The molecule has 10 nitrogen and oxygen atoms in total. The van der Waals surface area contributed by atoms with Crippen molar-refractivity contribution in [2.45, 2.75) is 58.6 Å². The maximum Gasteiger partial charge on any atom is 0.410 e. The van der Waals surface area contributed by atoms with Gasteiger partial charge < -0.3 is 19.5 Å². The minimum absolute atomic E-state index is 0.0542. The largest absolute Gasteiger partial charge is 0.444 e. The molecule has 2 amide bonds. The van der Waals surface area contributed by atoms with Gasteiger partial charge in [-0.1, -0.05) is 23.4 Å². The van der Waals surface area contributed by atoms with Gasteiger partial charge in [0.2, 0.25) is 11.7 Å². The molecule has 1 aliphatic rings. The Morgan fingerprint density at radius 1 is 1.22 bits per heavy atom. The lowest BCUT2D eigenvalue weighted by Crippen LogP contribution is -2.40. The second-order valence-corrected chi connectivity index (χ2v) is 10.2. The third kappa shape index (κ3) is 5.32. The molecule has 1 aromatic carbocycles. The molecule has 4 heterocycles. The van der Waals surface area contributed by atoms with E-state index in [9.17, 15) is 9.59 Å². The summed E-state index contributed by atoms with van der Waals surface area (Å²) in [6, 6.07) is 11.1. The number of likely N-dealkylation sites (tertiary alicyclic amines) is 1. The lowest BCUT2D eigenvalue weighted by molar-refractivity contribution is 0.0222. The molecule has 0 spiro atoms. The Hall–Kier alpha value is -4.21. The third-order valence-corrected chi connectivity index (χ3v) is 6.28. The number of aromatic nitrogens is 4. The zero-order chi connectivity index (χ0) is 26.2. The molecule has 0 aliphatic carbocycles. The zero-order valence-electron chi connectivity index (χ0n) is 21.4. The SMILES string of the molecule is Cc1ccc(-c2noc(C[C@@H]3CCCN3C(=O)OC(C)(C)C)n2)cc1NC(=O)c1cnc2ccccn12. The Morgan fingerprint density at radius 3 is 2.86 bits per heavy atom. The molecule has 10 heteroatoms. The maximum atomic E-state index is 13.0. The number of amides is 2. The highest BCUT2D eigenvalue weighted by atomic mass is 16.6. The standard InChI is InChI=1S/C27H30N6O4/c1-17-10-11-18(14-20(17)29-25(34)21-16-28-22-9-5-6-12-33(21)22)24-30-23(37-31-24)15-19-8-7-13-32(19)26(35)36-27(2,3)4/h5-6,9-12,14,16,19H,7-8,13,15H2,1-4H3,(H,29,34)/t19-/m0/s1. The van der Waals surface area contributed by atoms with Crippen molar-refractivity contribution in [3.05, 3.63) is 65.9 Å². The summed E-state index contributed by atoms with van der Waals surface area (Å²) in [5.74, 6) is 0.602. The summed E-state index contributed by atoms with van der Waals surface area (Å²) in [6.45, 7) is 8.14. The molecule has 0 radical (unpaired) electrons. The normalized spacial score (nSPS) is 15.8. The van der Waals surface area contributed by atoms with Gasteiger partial charge in [-0.3, -0.25) is 9.20 Å². The Labute approximate surface area is 214 Å². The highest BCUT2D eigenvalue weighted by molar-refractivity contribution is 6.04. The Morgan fingerprint density at radius 2 is 2.05 bits per heavy atom. The summed E-state index contributed by atoms with van der Waals surface area (Å²) in [5.41, 5.74) is 2.84. The van der Waals surface area contributed by atoms with E-state index in [2.05, 4.69) is 20.4 Å². The van der Waals surface area contributed by atoms with Crippen LogP contribution in [0.2, 0.25) is 0 Å². The average molecular weight is 503 g/mol. The van der Waals surface area contributed by atoms with Gasteiger partial charge in [0.15, 0.2) is 0 Å². The van der Waals surface area contributed by atoms with Crippen LogP contribution in [-0.4, -0.2) is 54.6 Å². The van der Waals surface area contributed by atoms with Gasteiger partial charge >= 0.3 is 6.09 Å². The van der Waals surface area contributed by atoms with E-state index in [4.69, 9.17) is 9.26 Å². The van der Waals surface area contributed by atoms with E-state index in [0.29, 0.717) is 47.3 Å². The fraction of sp³-hybridized carbons (Fsp3) is 0.370. The Balaban J connectivity index is 1.30. The van der Waals surface area contributed by atoms with Gasteiger partial charge in [-0.05, 0) is 64.3 Å². The number of fused-ring (bicyclic) bond motifs is 1. The Bertz CT molecular complexity index is 1450. The van der Waals surface area contributed by atoms with E-state index >= 15 is 0 Å². The van der Waals surface area contributed by atoms with Crippen LogP contribution in [0.5, 0.6) is 0 Å². The number of pyridine rings is 1. The predicted octanol–water partition coefficient (Wildman–Crippen LogP) is 4.89. The number of imidazole rings is 1. The van der Waals surface area contributed by atoms with E-state index in [-0.39, 0.29) is 18.0 Å². The minimum atomic E-state index is -0.550. The smallest absolute Gasteiger partial charge is 0.410 e. The number of hydrogen-bond donors (Lipinski definition) is 1. The second-order valence-electron chi connectivity index (χ2n) is 10.2. The molecule has 3 aromatic heterocycles. The molecule has 1 saturated heterocycles. The summed E-state index contributed by atoms with van der Waals surface area (Å²) in [5, 5.41) is 7.12. The molecular formula is C27H30N6O4. The van der Waals surface area contributed by atoms with E-state index < -0.39 is 5.60 Å². The van der Waals surface area contributed by atoms with Crippen LogP contribution in [-0.2, 0) is 11.2 Å². The first-order chi connectivity index (χ1) is 17.7. The number of carbonyl (C=O) groups excluding carboxylic acids is 2. The molecular weight excluding hydrogens is 472 g/mol. The van der Waals surface area contributed by atoms with Crippen LogP contribution in [0, 0.1) is 6.92 Å². The Kier molecular flexibility index (Phi) is 6.41. The maximum absolute atomic E-state index is 13.0. The van der Waals surface area contributed by atoms with Crippen LogP contribution in [0.15, 0.2) is 53.3 Å². The predicted molar refractivity (Wildman–Crippen MR) is 137 cm³/mol. The van der Waals surface area contributed by atoms with Gasteiger partial charge in [0, 0.05) is 36.5 Å². The fourth-order valence-electron chi connectivity index (χ4n) is 4.45. The number of anilines is 1. The molecule has 192 valence electrons. The van der Waals surface area contributed by atoms with Crippen molar-refractivity contribution in [1.29, 1.82) is 0 Å². The van der Waals surface area contributed by atoms with Crippen LogP contribution in [0.4, 0.5) is 10.5 Å². The van der Waals surface area contributed by atoms with Crippen molar-refractivity contribution in [1.82, 2.24) is 24.4 Å². The summed E-state index contributed by atoms with van der Waals surface area (Å²) >= 11 is 0. The van der Waals surface area contributed by atoms with Crippen molar-refractivity contribution in [3.8, 4) is 11.4 Å². The highest BCUT2D eigenvalue weighted by Crippen LogP contribution is 2.27. The molecule has 1 atom stereocenters. The van der Waals surface area contributed by atoms with Gasteiger partial charge in [-0.2, -0.15) is 4.98 Å².